The molecule has 1 aromatic rings. The lowest BCUT2D eigenvalue weighted by Gasteiger charge is -2.07. The van der Waals surface area contributed by atoms with Gasteiger partial charge < -0.3 is 15.4 Å². The molecule has 2 N–H and O–H groups in total. The maximum Gasteiger partial charge on any atom is 0.234 e. The van der Waals surface area contributed by atoms with Gasteiger partial charge in [0.15, 0.2) is 0 Å². The molecule has 0 saturated carbocycles. The molecular formula is C13H24N4O2. The number of nitrogens with zero attached hydrogens (tertiary/aromatic N) is 2. The lowest BCUT2D eigenvalue weighted by molar-refractivity contribution is -0.120. The van der Waals surface area contributed by atoms with E-state index in [-0.39, 0.29) is 5.91 Å². The van der Waals surface area contributed by atoms with Crippen molar-refractivity contribution >= 4 is 5.91 Å². The molecule has 0 radical (unpaired) electrons. The highest BCUT2D eigenvalue weighted by Crippen LogP contribution is 2.05. The van der Waals surface area contributed by atoms with Crippen molar-refractivity contribution in [1.29, 1.82) is 0 Å². The lowest BCUT2D eigenvalue weighted by atomic mass is 10.3. The molecule has 0 atom stereocenters. The quantitative estimate of drug-likeness (QED) is 0.633. The predicted octanol–water partition coefficient (Wildman–Crippen LogP) is 0.318. The summed E-state index contributed by atoms with van der Waals surface area (Å²) in [6, 6.07) is 2.08. The van der Waals surface area contributed by atoms with E-state index in [1.165, 1.54) is 0 Å². The summed E-state index contributed by atoms with van der Waals surface area (Å²) in [6.07, 6.45) is 0.928. The first kappa shape index (κ1) is 15.7. The third-order valence-electron chi connectivity index (χ3n) is 2.80. The summed E-state index contributed by atoms with van der Waals surface area (Å²) in [7, 11) is 1.61. The Kier molecular flexibility index (Phi) is 7.14. The predicted molar refractivity (Wildman–Crippen MR) is 73.9 cm³/mol. The Labute approximate surface area is 114 Å². The topological polar surface area (TPSA) is 68.2 Å². The van der Waals surface area contributed by atoms with E-state index in [1.54, 1.807) is 7.11 Å². The first-order valence-corrected chi connectivity index (χ1v) is 6.73. The zero-order valence-corrected chi connectivity index (χ0v) is 12.0. The van der Waals surface area contributed by atoms with Gasteiger partial charge in [0.1, 0.15) is 0 Å². The van der Waals surface area contributed by atoms with Crippen LogP contribution >= 0.6 is 0 Å². The van der Waals surface area contributed by atoms with Gasteiger partial charge in [-0.25, -0.2) is 0 Å². The molecule has 0 aliphatic heterocycles. The molecule has 0 aliphatic carbocycles. The van der Waals surface area contributed by atoms with Crippen molar-refractivity contribution in [3.05, 3.63) is 17.5 Å². The number of hydrogen-bond acceptors (Lipinski definition) is 4. The maximum absolute atomic E-state index is 11.5. The van der Waals surface area contributed by atoms with Gasteiger partial charge in [0.2, 0.25) is 5.91 Å². The number of aryl methyl sites for hydroxylation is 2. The molecule has 0 bridgehead atoms. The lowest BCUT2D eigenvalue weighted by Crippen LogP contribution is -2.35. The molecule has 108 valence electrons. The fraction of sp³-hybridized carbons (Fsp3) is 0.692. The van der Waals surface area contributed by atoms with Crippen molar-refractivity contribution in [2.75, 3.05) is 26.8 Å². The third kappa shape index (κ3) is 5.40. The average Bonchev–Trinajstić information content (AvgIpc) is 2.81. The number of hydrogen-bond donors (Lipinski definition) is 2. The fourth-order valence-electron chi connectivity index (χ4n) is 1.76. The van der Waals surface area contributed by atoms with Crippen LogP contribution in [0.5, 0.6) is 0 Å². The second-order valence-electron chi connectivity index (χ2n) is 4.24. The van der Waals surface area contributed by atoms with Crippen LogP contribution in [0.3, 0.4) is 0 Å². The second kappa shape index (κ2) is 8.66. The van der Waals surface area contributed by atoms with Crippen molar-refractivity contribution in [1.82, 2.24) is 20.4 Å². The fourth-order valence-corrected chi connectivity index (χ4v) is 1.76. The van der Waals surface area contributed by atoms with E-state index in [0.717, 1.165) is 24.4 Å². The molecule has 19 heavy (non-hydrogen) atoms. The Morgan fingerprint density at radius 3 is 2.89 bits per heavy atom. The van der Waals surface area contributed by atoms with Crippen LogP contribution in [0.15, 0.2) is 6.07 Å². The van der Waals surface area contributed by atoms with Crippen LogP contribution in [-0.4, -0.2) is 42.5 Å². The van der Waals surface area contributed by atoms with E-state index in [1.807, 2.05) is 4.68 Å². The number of methoxy groups -OCH3 is 1. The van der Waals surface area contributed by atoms with Gasteiger partial charge in [-0.1, -0.05) is 6.92 Å². The van der Waals surface area contributed by atoms with Gasteiger partial charge in [-0.05, 0) is 19.4 Å². The van der Waals surface area contributed by atoms with Gasteiger partial charge in [-0.15, -0.1) is 0 Å². The van der Waals surface area contributed by atoms with Gasteiger partial charge in [0.25, 0.3) is 0 Å². The summed E-state index contributed by atoms with van der Waals surface area (Å²) >= 11 is 0. The molecule has 0 saturated heterocycles. The van der Waals surface area contributed by atoms with Crippen molar-refractivity contribution in [3.8, 4) is 0 Å². The summed E-state index contributed by atoms with van der Waals surface area (Å²) in [6.45, 7) is 7.03. The monoisotopic (exact) mass is 268 g/mol. The van der Waals surface area contributed by atoms with Gasteiger partial charge in [-0.2, -0.15) is 5.10 Å². The van der Waals surface area contributed by atoms with Gasteiger partial charge in [0.05, 0.1) is 24.5 Å². The van der Waals surface area contributed by atoms with Crippen LogP contribution in [0.25, 0.3) is 0 Å². The smallest absolute Gasteiger partial charge is 0.234 e. The minimum atomic E-state index is -0.0182. The minimum Gasteiger partial charge on any atom is -0.383 e. The van der Waals surface area contributed by atoms with E-state index >= 15 is 0 Å². The Morgan fingerprint density at radius 1 is 1.47 bits per heavy atom. The van der Waals surface area contributed by atoms with Crippen LogP contribution in [-0.2, 0) is 29.0 Å². The molecule has 6 heteroatoms. The number of amides is 1. The van der Waals surface area contributed by atoms with Gasteiger partial charge in [0, 0.05) is 26.7 Å². The number of nitrogens with one attached hydrogen (secondary N) is 2. The van der Waals surface area contributed by atoms with Crippen LogP contribution < -0.4 is 10.6 Å². The summed E-state index contributed by atoms with van der Waals surface area (Å²) in [5, 5.41) is 10.4. The van der Waals surface area contributed by atoms with E-state index in [0.29, 0.717) is 26.2 Å². The standard InChI is InChI=1S/C13H24N4O2/c1-4-11-8-12(17(5-2)16-11)9-14-10-13(18)15-6-7-19-3/h8,14H,4-7,9-10H2,1-3H3,(H,15,18). The second-order valence-corrected chi connectivity index (χ2v) is 4.24. The van der Waals surface area contributed by atoms with Crippen molar-refractivity contribution in [2.24, 2.45) is 0 Å². The summed E-state index contributed by atoms with van der Waals surface area (Å²) in [5.41, 5.74) is 2.20. The molecule has 0 fully saturated rings. The van der Waals surface area contributed by atoms with Crippen LogP contribution in [0.4, 0.5) is 0 Å². The summed E-state index contributed by atoms with van der Waals surface area (Å²) < 4.78 is 6.83. The van der Waals surface area contributed by atoms with Crippen LogP contribution in [0, 0.1) is 0 Å². The average molecular weight is 268 g/mol. The Hall–Kier alpha value is -1.40. The SMILES string of the molecule is CCc1cc(CNCC(=O)NCCOC)n(CC)n1. The highest BCUT2D eigenvalue weighted by Gasteiger charge is 2.06. The first-order valence-electron chi connectivity index (χ1n) is 6.73. The molecule has 1 aromatic heterocycles. The molecule has 1 heterocycles. The van der Waals surface area contributed by atoms with Crippen LogP contribution in [0.1, 0.15) is 25.2 Å². The molecule has 6 nitrogen and oxygen atoms in total. The van der Waals surface area contributed by atoms with Gasteiger partial charge >= 0.3 is 0 Å². The number of ether oxygens (including phenoxy) is 1. The number of carbonyl (C=O) groups is 1. The largest absolute Gasteiger partial charge is 0.383 e. The molecule has 1 rings (SSSR count). The zero-order chi connectivity index (χ0) is 14.1. The molecule has 0 aromatic carbocycles. The number of rotatable bonds is 9. The molecule has 0 unspecified atom stereocenters. The Morgan fingerprint density at radius 2 is 2.26 bits per heavy atom. The first-order chi connectivity index (χ1) is 9.21. The van der Waals surface area contributed by atoms with E-state index in [9.17, 15) is 4.79 Å². The van der Waals surface area contributed by atoms with Crippen molar-refractivity contribution in [2.45, 2.75) is 33.4 Å². The molecular weight excluding hydrogens is 244 g/mol. The highest BCUT2D eigenvalue weighted by atomic mass is 16.5. The van der Waals surface area contributed by atoms with Crippen LogP contribution in [0.2, 0.25) is 0 Å². The summed E-state index contributed by atoms with van der Waals surface area (Å²) in [5.74, 6) is -0.0182. The normalized spacial score (nSPS) is 10.7. The molecule has 1 amide bonds. The number of carbonyl (C=O) groups excluding carboxylic acids is 1. The molecule has 0 spiro atoms. The maximum atomic E-state index is 11.5. The Bertz CT molecular complexity index is 390. The number of aromatic nitrogens is 2. The molecule has 0 aliphatic rings. The van der Waals surface area contributed by atoms with E-state index in [2.05, 4.69) is 35.6 Å². The highest BCUT2D eigenvalue weighted by molar-refractivity contribution is 5.77. The van der Waals surface area contributed by atoms with Crippen molar-refractivity contribution < 1.29 is 9.53 Å². The Balaban J connectivity index is 2.32. The van der Waals surface area contributed by atoms with E-state index < -0.39 is 0 Å². The van der Waals surface area contributed by atoms with Gasteiger partial charge in [-0.3, -0.25) is 9.48 Å². The summed E-state index contributed by atoms with van der Waals surface area (Å²) in [4.78, 5) is 11.5. The minimum absolute atomic E-state index is 0.0182. The third-order valence-corrected chi connectivity index (χ3v) is 2.80. The van der Waals surface area contributed by atoms with E-state index in [4.69, 9.17) is 4.74 Å². The zero-order valence-electron chi connectivity index (χ0n) is 12.0. The van der Waals surface area contributed by atoms with Crippen molar-refractivity contribution in [3.63, 3.8) is 0 Å².